The third-order valence-corrected chi connectivity index (χ3v) is 3.76. The normalized spacial score (nSPS) is 10.6. The molecule has 2 rings (SSSR count). The van der Waals surface area contributed by atoms with Gasteiger partial charge in [0, 0.05) is 21.7 Å². The van der Waals surface area contributed by atoms with E-state index in [0.29, 0.717) is 15.6 Å². The second kappa shape index (κ2) is 4.26. The molecule has 0 bridgehead atoms. The summed E-state index contributed by atoms with van der Waals surface area (Å²) in [6, 6.07) is 2.92. The number of carboxylic acid groups (broad SMARTS) is 1. The average Bonchev–Trinajstić information content (AvgIpc) is 2.68. The Hall–Kier alpha value is -2.15. The maximum atomic E-state index is 11.1. The molecule has 0 aliphatic rings. The molecule has 0 atom stereocenters. The Balaban J connectivity index is 2.87. The number of hydrogen-bond acceptors (Lipinski definition) is 5. The van der Waals surface area contributed by atoms with Gasteiger partial charge in [0.15, 0.2) is 10.6 Å². The fourth-order valence-electron chi connectivity index (χ4n) is 1.85. The molecule has 1 aromatic heterocycles. The molecule has 2 aromatic rings. The first-order chi connectivity index (χ1) is 8.47. The zero-order valence-corrected chi connectivity index (χ0v) is 10.4. The lowest BCUT2D eigenvalue weighted by Crippen LogP contribution is -1.96. The summed E-state index contributed by atoms with van der Waals surface area (Å²) in [6.45, 7) is 1.58. The molecule has 0 aliphatic carbocycles. The lowest BCUT2D eigenvalue weighted by atomic mass is 10.1. The van der Waals surface area contributed by atoms with Gasteiger partial charge >= 0.3 is 5.97 Å². The molecular formula is C11H9NO5S. The van der Waals surface area contributed by atoms with Gasteiger partial charge in [0.2, 0.25) is 0 Å². The number of thiophene rings is 1. The summed E-state index contributed by atoms with van der Waals surface area (Å²) < 4.78 is 5.74. The first kappa shape index (κ1) is 12.3. The van der Waals surface area contributed by atoms with Gasteiger partial charge in [0.25, 0.3) is 5.69 Å². The molecule has 1 N–H and O–H groups in total. The Kier molecular flexibility index (Phi) is 2.92. The van der Waals surface area contributed by atoms with E-state index in [1.165, 1.54) is 13.2 Å². The molecule has 1 aromatic carbocycles. The number of nitro benzene ring substituents is 1. The van der Waals surface area contributed by atoms with Crippen LogP contribution in [0.5, 0.6) is 5.75 Å². The van der Waals surface area contributed by atoms with Crippen molar-refractivity contribution in [1.29, 1.82) is 0 Å². The first-order valence-electron chi connectivity index (χ1n) is 4.95. The fraction of sp³-hybridized carbons (Fsp3) is 0.182. The van der Waals surface area contributed by atoms with Gasteiger partial charge in [0.1, 0.15) is 0 Å². The minimum Gasteiger partial charge on any atom is -0.494 e. The highest BCUT2D eigenvalue weighted by molar-refractivity contribution is 7.21. The zero-order chi connectivity index (χ0) is 13.4. The zero-order valence-electron chi connectivity index (χ0n) is 9.59. The van der Waals surface area contributed by atoms with Crippen molar-refractivity contribution < 1.29 is 19.6 Å². The van der Waals surface area contributed by atoms with Gasteiger partial charge in [0.05, 0.1) is 12.0 Å². The summed E-state index contributed by atoms with van der Waals surface area (Å²) in [5, 5.41) is 20.4. The highest BCUT2D eigenvalue weighted by Gasteiger charge is 2.23. The number of rotatable bonds is 3. The van der Waals surface area contributed by atoms with Crippen molar-refractivity contribution in [3.8, 4) is 5.75 Å². The summed E-state index contributed by atoms with van der Waals surface area (Å²) in [6.07, 6.45) is 0. The van der Waals surface area contributed by atoms with Crippen molar-refractivity contribution >= 4 is 33.1 Å². The number of aromatic carboxylic acids is 1. The van der Waals surface area contributed by atoms with Crippen LogP contribution in [-0.4, -0.2) is 23.1 Å². The second-order valence-corrected chi connectivity index (χ2v) is 4.66. The molecule has 0 spiro atoms. The van der Waals surface area contributed by atoms with Crippen LogP contribution < -0.4 is 4.74 Å². The van der Waals surface area contributed by atoms with Crippen molar-refractivity contribution in [3.63, 3.8) is 0 Å². The number of ether oxygens (including phenoxy) is 1. The molecule has 0 amide bonds. The molecular weight excluding hydrogens is 258 g/mol. The Bertz CT molecular complexity index is 661. The quantitative estimate of drug-likeness (QED) is 0.682. The number of carbonyl (C=O) groups is 1. The maximum Gasteiger partial charge on any atom is 0.349 e. The van der Waals surface area contributed by atoms with Crippen LogP contribution in [0.3, 0.4) is 0 Å². The lowest BCUT2D eigenvalue weighted by Gasteiger charge is -2.02. The number of aryl methyl sites for hydroxylation is 1. The minimum atomic E-state index is -1.10. The van der Waals surface area contributed by atoms with Crippen molar-refractivity contribution in [2.24, 2.45) is 0 Å². The number of hydrogen-bond donors (Lipinski definition) is 1. The molecule has 0 radical (unpaired) electrons. The fourth-order valence-corrected chi connectivity index (χ4v) is 2.92. The number of methoxy groups -OCH3 is 1. The topological polar surface area (TPSA) is 89.7 Å². The molecule has 18 heavy (non-hydrogen) atoms. The molecule has 0 fully saturated rings. The predicted octanol–water partition coefficient (Wildman–Crippen LogP) is 2.82. The highest BCUT2D eigenvalue weighted by Crippen LogP contribution is 2.42. The van der Waals surface area contributed by atoms with Gasteiger partial charge in [-0.3, -0.25) is 10.1 Å². The van der Waals surface area contributed by atoms with E-state index in [4.69, 9.17) is 9.84 Å². The van der Waals surface area contributed by atoms with Gasteiger partial charge < -0.3 is 9.84 Å². The number of carboxylic acids is 1. The van der Waals surface area contributed by atoms with Crippen molar-refractivity contribution in [3.05, 3.63) is 32.7 Å². The van der Waals surface area contributed by atoms with Gasteiger partial charge in [-0.2, -0.15) is 0 Å². The molecule has 6 nitrogen and oxygen atoms in total. The van der Waals surface area contributed by atoms with E-state index >= 15 is 0 Å². The van der Waals surface area contributed by atoms with E-state index in [2.05, 4.69) is 0 Å². The summed E-state index contributed by atoms with van der Waals surface area (Å²) in [4.78, 5) is 21.5. The van der Waals surface area contributed by atoms with Crippen LogP contribution in [0.25, 0.3) is 10.1 Å². The van der Waals surface area contributed by atoms with Crippen LogP contribution in [-0.2, 0) is 0 Å². The van der Waals surface area contributed by atoms with Crippen LogP contribution in [0, 0.1) is 17.0 Å². The maximum absolute atomic E-state index is 11.1. The van der Waals surface area contributed by atoms with E-state index in [9.17, 15) is 14.9 Å². The third-order valence-electron chi connectivity index (χ3n) is 2.64. The summed E-state index contributed by atoms with van der Waals surface area (Å²) in [5.74, 6) is -0.918. The predicted molar refractivity (Wildman–Crippen MR) is 66.7 cm³/mol. The standard InChI is InChI=1S/C11H9NO5S/c1-5-6(12(15)16)3-4-7-8(5)9(17-2)10(18-7)11(13)14/h3-4H,1-2H3,(H,13,14). The average molecular weight is 267 g/mol. The summed E-state index contributed by atoms with van der Waals surface area (Å²) in [7, 11) is 1.35. The second-order valence-electron chi connectivity index (χ2n) is 3.61. The van der Waals surface area contributed by atoms with Crippen LogP contribution >= 0.6 is 11.3 Å². The Morgan fingerprint density at radius 1 is 1.50 bits per heavy atom. The van der Waals surface area contributed by atoms with Crippen LogP contribution in [0.1, 0.15) is 15.2 Å². The molecule has 0 unspecified atom stereocenters. The molecule has 94 valence electrons. The van der Waals surface area contributed by atoms with Crippen molar-refractivity contribution in [1.82, 2.24) is 0 Å². The highest BCUT2D eigenvalue weighted by atomic mass is 32.1. The summed E-state index contributed by atoms with van der Waals surface area (Å²) in [5.41, 5.74) is 0.369. The number of nitrogens with zero attached hydrogens (tertiary/aromatic N) is 1. The van der Waals surface area contributed by atoms with E-state index in [1.807, 2.05) is 0 Å². The summed E-state index contributed by atoms with van der Waals surface area (Å²) >= 11 is 1.04. The van der Waals surface area contributed by atoms with Gasteiger partial charge in [-0.05, 0) is 13.0 Å². The third kappa shape index (κ3) is 1.68. The molecule has 7 heteroatoms. The van der Waals surface area contributed by atoms with E-state index in [0.717, 1.165) is 11.3 Å². The van der Waals surface area contributed by atoms with Gasteiger partial charge in [-0.25, -0.2) is 4.79 Å². The smallest absolute Gasteiger partial charge is 0.349 e. The van der Waals surface area contributed by atoms with E-state index in [-0.39, 0.29) is 16.3 Å². The van der Waals surface area contributed by atoms with E-state index < -0.39 is 10.9 Å². The van der Waals surface area contributed by atoms with Crippen LogP contribution in [0.15, 0.2) is 12.1 Å². The van der Waals surface area contributed by atoms with Gasteiger partial charge in [-0.1, -0.05) is 0 Å². The van der Waals surface area contributed by atoms with E-state index in [1.54, 1.807) is 13.0 Å². The van der Waals surface area contributed by atoms with Gasteiger partial charge in [-0.15, -0.1) is 11.3 Å². The lowest BCUT2D eigenvalue weighted by molar-refractivity contribution is -0.385. The molecule has 0 saturated heterocycles. The molecule has 0 saturated carbocycles. The van der Waals surface area contributed by atoms with Crippen LogP contribution in [0.2, 0.25) is 0 Å². The first-order valence-corrected chi connectivity index (χ1v) is 5.76. The van der Waals surface area contributed by atoms with Crippen molar-refractivity contribution in [2.75, 3.05) is 7.11 Å². The van der Waals surface area contributed by atoms with Crippen LogP contribution in [0.4, 0.5) is 5.69 Å². The monoisotopic (exact) mass is 267 g/mol. The SMILES string of the molecule is COc1c(C(=O)O)sc2ccc([N+](=O)[O-])c(C)c12. The number of benzene rings is 1. The Morgan fingerprint density at radius 2 is 2.17 bits per heavy atom. The van der Waals surface area contributed by atoms with Crippen molar-refractivity contribution in [2.45, 2.75) is 6.92 Å². The largest absolute Gasteiger partial charge is 0.494 e. The minimum absolute atomic E-state index is 0.0458. The number of fused-ring (bicyclic) bond motifs is 1. The Labute approximate surface area is 106 Å². The molecule has 1 heterocycles. The molecule has 0 aliphatic heterocycles. The number of nitro groups is 1. The Morgan fingerprint density at radius 3 is 2.67 bits per heavy atom.